The summed E-state index contributed by atoms with van der Waals surface area (Å²) in [5.74, 6) is 1.72. The molecule has 3 nitrogen and oxygen atoms in total. The van der Waals surface area contributed by atoms with Crippen molar-refractivity contribution >= 4 is 11.6 Å². The first-order valence-electron chi connectivity index (χ1n) is 7.46. The van der Waals surface area contributed by atoms with Gasteiger partial charge in [-0.1, -0.05) is 18.2 Å². The van der Waals surface area contributed by atoms with Crippen LogP contribution in [0.1, 0.15) is 31.2 Å². The van der Waals surface area contributed by atoms with Crippen molar-refractivity contribution in [2.45, 2.75) is 44.2 Å². The minimum Gasteiger partial charge on any atom is -0.373 e. The molecule has 1 atom stereocenters. The van der Waals surface area contributed by atoms with E-state index in [-0.39, 0.29) is 11.9 Å². The van der Waals surface area contributed by atoms with Gasteiger partial charge >= 0.3 is 0 Å². The summed E-state index contributed by atoms with van der Waals surface area (Å²) in [5.41, 5.74) is 2.38. The Hall–Kier alpha value is -1.51. The Balaban J connectivity index is 1.41. The molecule has 1 aromatic rings. The van der Waals surface area contributed by atoms with Crippen molar-refractivity contribution in [2.24, 2.45) is 11.8 Å². The number of nitrogens with one attached hydrogen (secondary N) is 2. The summed E-state index contributed by atoms with van der Waals surface area (Å²) in [6, 6.07) is 8.60. The van der Waals surface area contributed by atoms with Crippen molar-refractivity contribution in [1.29, 1.82) is 0 Å². The topological polar surface area (TPSA) is 41.1 Å². The first kappa shape index (κ1) is 11.3. The molecule has 0 unspecified atom stereocenters. The fourth-order valence-electron chi connectivity index (χ4n) is 3.25. The van der Waals surface area contributed by atoms with Crippen molar-refractivity contribution in [2.75, 3.05) is 5.32 Å². The van der Waals surface area contributed by atoms with Gasteiger partial charge in [0.2, 0.25) is 5.91 Å². The lowest BCUT2D eigenvalue weighted by Gasteiger charge is -2.20. The van der Waals surface area contributed by atoms with Crippen LogP contribution in [0.25, 0.3) is 0 Å². The van der Waals surface area contributed by atoms with Gasteiger partial charge in [0.1, 0.15) is 6.04 Å². The molecule has 0 spiro atoms. The smallest absolute Gasteiger partial charge is 0.243 e. The van der Waals surface area contributed by atoms with Crippen LogP contribution in [0.15, 0.2) is 24.3 Å². The standard InChI is InChI=1S/C16H20N2O/c19-16(18-15(10-5-6-10)11-7-8-11)14-9-12-3-1-2-4-13(12)17-14/h1-4,10-11,14-15,17H,5-9H2,(H,18,19)/t14-/m0/s1. The third-order valence-corrected chi connectivity index (χ3v) is 4.66. The third kappa shape index (κ3) is 2.22. The van der Waals surface area contributed by atoms with E-state index in [2.05, 4.69) is 22.8 Å². The lowest BCUT2D eigenvalue weighted by molar-refractivity contribution is -0.122. The van der Waals surface area contributed by atoms with Crippen LogP contribution in [0.2, 0.25) is 0 Å². The molecule has 2 aliphatic carbocycles. The van der Waals surface area contributed by atoms with E-state index >= 15 is 0 Å². The maximum absolute atomic E-state index is 12.4. The molecule has 1 aromatic carbocycles. The van der Waals surface area contributed by atoms with Crippen LogP contribution < -0.4 is 10.6 Å². The molecular formula is C16H20N2O. The Bertz CT molecular complexity index is 468. The maximum atomic E-state index is 12.4. The molecule has 2 saturated carbocycles. The van der Waals surface area contributed by atoms with E-state index < -0.39 is 0 Å². The van der Waals surface area contributed by atoms with E-state index in [1.165, 1.54) is 31.2 Å². The van der Waals surface area contributed by atoms with Gasteiger partial charge < -0.3 is 10.6 Å². The SMILES string of the molecule is O=C(NC(C1CC1)C1CC1)[C@@H]1Cc2ccccc2N1. The maximum Gasteiger partial charge on any atom is 0.243 e. The molecule has 0 radical (unpaired) electrons. The predicted molar refractivity (Wildman–Crippen MR) is 74.9 cm³/mol. The molecule has 2 N–H and O–H groups in total. The summed E-state index contributed by atoms with van der Waals surface area (Å²) in [4.78, 5) is 12.4. The largest absolute Gasteiger partial charge is 0.373 e. The Morgan fingerprint density at radius 1 is 1.16 bits per heavy atom. The van der Waals surface area contributed by atoms with Gasteiger partial charge in [-0.15, -0.1) is 0 Å². The zero-order valence-electron chi connectivity index (χ0n) is 11.1. The monoisotopic (exact) mass is 256 g/mol. The fraction of sp³-hybridized carbons (Fsp3) is 0.562. The van der Waals surface area contributed by atoms with Gasteiger partial charge in [-0.25, -0.2) is 0 Å². The van der Waals surface area contributed by atoms with Gasteiger partial charge in [-0.3, -0.25) is 4.79 Å². The van der Waals surface area contributed by atoms with E-state index in [0.29, 0.717) is 6.04 Å². The van der Waals surface area contributed by atoms with Crippen LogP contribution in [0, 0.1) is 11.8 Å². The molecular weight excluding hydrogens is 236 g/mol. The number of amides is 1. The fourth-order valence-corrected chi connectivity index (χ4v) is 3.25. The van der Waals surface area contributed by atoms with Crippen LogP contribution >= 0.6 is 0 Å². The molecule has 1 amide bonds. The van der Waals surface area contributed by atoms with Crippen LogP contribution in [0.3, 0.4) is 0 Å². The minimum absolute atomic E-state index is 0.0719. The van der Waals surface area contributed by atoms with Gasteiger partial charge in [0.25, 0.3) is 0 Å². The Morgan fingerprint density at radius 3 is 2.47 bits per heavy atom. The van der Waals surface area contributed by atoms with Gasteiger partial charge in [-0.2, -0.15) is 0 Å². The van der Waals surface area contributed by atoms with Crippen molar-refractivity contribution in [3.8, 4) is 0 Å². The molecule has 3 heteroatoms. The molecule has 2 fully saturated rings. The van der Waals surface area contributed by atoms with E-state index in [0.717, 1.165) is 23.9 Å². The zero-order valence-corrected chi connectivity index (χ0v) is 11.1. The summed E-state index contributed by atoms with van der Waals surface area (Å²) in [5, 5.41) is 6.66. The second kappa shape index (κ2) is 4.26. The second-order valence-electron chi connectivity index (χ2n) is 6.27. The van der Waals surface area contributed by atoms with Crippen LogP contribution in [0.4, 0.5) is 5.69 Å². The van der Waals surface area contributed by atoms with E-state index in [4.69, 9.17) is 0 Å². The molecule has 1 aliphatic heterocycles. The number of hydrogen-bond donors (Lipinski definition) is 2. The third-order valence-electron chi connectivity index (χ3n) is 4.66. The lowest BCUT2D eigenvalue weighted by Crippen LogP contribution is -2.45. The van der Waals surface area contributed by atoms with E-state index in [1.807, 2.05) is 12.1 Å². The highest BCUT2D eigenvalue weighted by molar-refractivity contribution is 5.87. The first-order valence-corrected chi connectivity index (χ1v) is 7.46. The molecule has 0 saturated heterocycles. The summed E-state index contributed by atoms with van der Waals surface area (Å²) in [6.45, 7) is 0. The molecule has 19 heavy (non-hydrogen) atoms. The number of anilines is 1. The molecule has 0 aromatic heterocycles. The zero-order chi connectivity index (χ0) is 12.8. The highest BCUT2D eigenvalue weighted by Crippen LogP contribution is 2.44. The Kier molecular flexibility index (Phi) is 2.54. The highest BCUT2D eigenvalue weighted by Gasteiger charge is 2.43. The van der Waals surface area contributed by atoms with Crippen molar-refractivity contribution in [3.05, 3.63) is 29.8 Å². The second-order valence-corrected chi connectivity index (χ2v) is 6.27. The van der Waals surface area contributed by atoms with Crippen molar-refractivity contribution in [3.63, 3.8) is 0 Å². The number of hydrogen-bond acceptors (Lipinski definition) is 2. The number of carbonyl (C=O) groups excluding carboxylic acids is 1. The average Bonchev–Trinajstić information content (AvgIpc) is 3.32. The highest BCUT2D eigenvalue weighted by atomic mass is 16.2. The molecule has 4 rings (SSSR count). The summed E-state index contributed by atoms with van der Waals surface area (Å²) >= 11 is 0. The van der Waals surface area contributed by atoms with Crippen molar-refractivity contribution < 1.29 is 4.79 Å². The lowest BCUT2D eigenvalue weighted by atomic mass is 10.1. The Morgan fingerprint density at radius 2 is 1.84 bits per heavy atom. The normalized spacial score (nSPS) is 25.0. The number of carbonyl (C=O) groups is 1. The van der Waals surface area contributed by atoms with Crippen LogP contribution in [-0.4, -0.2) is 18.0 Å². The average molecular weight is 256 g/mol. The summed E-state index contributed by atoms with van der Waals surface area (Å²) in [6.07, 6.45) is 6.04. The summed E-state index contributed by atoms with van der Waals surface area (Å²) < 4.78 is 0. The Labute approximate surface area is 113 Å². The number of rotatable bonds is 4. The summed E-state index contributed by atoms with van der Waals surface area (Å²) in [7, 11) is 0. The first-order chi connectivity index (χ1) is 9.31. The molecule has 0 bridgehead atoms. The van der Waals surface area contributed by atoms with Crippen molar-refractivity contribution in [1.82, 2.24) is 5.32 Å². The number of benzene rings is 1. The van der Waals surface area contributed by atoms with Crippen LogP contribution in [0.5, 0.6) is 0 Å². The van der Waals surface area contributed by atoms with Gasteiger partial charge in [-0.05, 0) is 49.1 Å². The van der Waals surface area contributed by atoms with Gasteiger partial charge in [0, 0.05) is 18.2 Å². The quantitative estimate of drug-likeness (QED) is 0.868. The van der Waals surface area contributed by atoms with Gasteiger partial charge in [0.15, 0.2) is 0 Å². The molecule has 100 valence electrons. The van der Waals surface area contributed by atoms with E-state index in [1.54, 1.807) is 0 Å². The number of fused-ring (bicyclic) bond motifs is 1. The number of para-hydroxylation sites is 1. The van der Waals surface area contributed by atoms with E-state index in [9.17, 15) is 4.79 Å². The predicted octanol–water partition coefficient (Wildman–Crippen LogP) is 2.33. The molecule has 3 aliphatic rings. The van der Waals surface area contributed by atoms with Crippen LogP contribution in [-0.2, 0) is 11.2 Å². The minimum atomic E-state index is -0.0719. The molecule has 1 heterocycles. The van der Waals surface area contributed by atoms with Gasteiger partial charge in [0.05, 0.1) is 0 Å².